The summed E-state index contributed by atoms with van der Waals surface area (Å²) in [4.78, 5) is 13.7. The predicted molar refractivity (Wildman–Crippen MR) is 139 cm³/mol. The average Bonchev–Trinajstić information content (AvgIpc) is 2.92. The number of aryl methyl sites for hydroxylation is 1. The second kappa shape index (κ2) is 11.0. The van der Waals surface area contributed by atoms with Gasteiger partial charge < -0.3 is 32.3 Å². The zero-order chi connectivity index (χ0) is 27.4. The van der Waals surface area contributed by atoms with Crippen LogP contribution in [0.2, 0.25) is 0 Å². The summed E-state index contributed by atoms with van der Waals surface area (Å²) in [6, 6.07) is 14.1. The molecule has 1 heterocycles. The molecular weight excluding hydrogens is 516 g/mol. The van der Waals surface area contributed by atoms with Crippen molar-refractivity contribution in [1.82, 2.24) is 0 Å². The summed E-state index contributed by atoms with van der Waals surface area (Å²) in [5, 5.41) is -0.221. The molecule has 0 fully saturated rings. The second-order valence-corrected chi connectivity index (χ2v) is 9.58. The smallest absolute Gasteiger partial charge is 0.339 e. The van der Waals surface area contributed by atoms with Crippen molar-refractivity contribution in [3.63, 3.8) is 0 Å². The van der Waals surface area contributed by atoms with Crippen molar-refractivity contribution in [2.75, 3.05) is 35.2 Å². The number of benzene rings is 3. The summed E-state index contributed by atoms with van der Waals surface area (Å²) in [5.74, 6) is 0.254. The molecule has 0 N–H and O–H groups in total. The molecule has 0 unspecified atom stereocenters. The molecule has 0 atom stereocenters. The fourth-order valence-corrected chi connectivity index (χ4v) is 4.67. The van der Waals surface area contributed by atoms with E-state index < -0.39 is 15.5 Å². The van der Waals surface area contributed by atoms with Gasteiger partial charge in [0.25, 0.3) is 0 Å². The summed E-state index contributed by atoms with van der Waals surface area (Å²) in [5.41, 5.74) is 0.565. The lowest BCUT2D eigenvalue weighted by Crippen LogP contribution is -2.15. The first-order valence-corrected chi connectivity index (χ1v) is 12.7. The topological polar surface area (TPSA) is 120 Å². The summed E-state index contributed by atoms with van der Waals surface area (Å²) < 4.78 is 64.7. The van der Waals surface area contributed by atoms with Crippen LogP contribution in [0.5, 0.6) is 28.7 Å². The number of rotatable bonds is 10. The molecule has 0 bridgehead atoms. The molecule has 0 saturated heterocycles. The van der Waals surface area contributed by atoms with Gasteiger partial charge in [-0.05, 0) is 43.3 Å². The third-order valence-corrected chi connectivity index (χ3v) is 6.86. The van der Waals surface area contributed by atoms with Gasteiger partial charge in [0.15, 0.2) is 29.6 Å². The predicted octanol–water partition coefficient (Wildman–Crippen LogP) is 4.54. The Labute approximate surface area is 219 Å². The maximum Gasteiger partial charge on any atom is 0.339 e. The molecule has 200 valence electrons. The lowest BCUT2D eigenvalue weighted by atomic mass is 10.1. The monoisotopic (exact) mass is 542 g/mol. The average molecular weight is 543 g/mol. The molecule has 4 aromatic rings. The van der Waals surface area contributed by atoms with Gasteiger partial charge in [-0.1, -0.05) is 17.7 Å². The van der Waals surface area contributed by atoms with E-state index in [2.05, 4.69) is 0 Å². The Morgan fingerprint density at radius 2 is 1.50 bits per heavy atom. The molecular formula is C27H26O10S. The normalized spacial score (nSPS) is 11.3. The fraction of sp³-hybridized carbons (Fsp3) is 0.222. The van der Waals surface area contributed by atoms with Gasteiger partial charge in [-0.25, -0.2) is 0 Å². The fourth-order valence-electron chi connectivity index (χ4n) is 3.73. The van der Waals surface area contributed by atoms with E-state index in [9.17, 15) is 13.2 Å². The van der Waals surface area contributed by atoms with Crippen LogP contribution in [-0.4, -0.2) is 43.6 Å². The van der Waals surface area contributed by atoms with E-state index in [1.807, 2.05) is 6.92 Å². The van der Waals surface area contributed by atoms with Crippen molar-refractivity contribution < 1.29 is 40.7 Å². The summed E-state index contributed by atoms with van der Waals surface area (Å²) in [6.07, 6.45) is 0. The summed E-state index contributed by atoms with van der Waals surface area (Å²) >= 11 is 0. The molecule has 0 aliphatic heterocycles. The Balaban J connectivity index is 2.02. The highest BCUT2D eigenvalue weighted by atomic mass is 32.2. The molecule has 11 heteroatoms. The van der Waals surface area contributed by atoms with Gasteiger partial charge in [-0.15, -0.1) is 0 Å². The number of fused-ring (bicyclic) bond motifs is 1. The standard InChI is InChI=1S/C27H26O10S/c1-16-6-12-19(13-7-16)38(29,30)37-20-14-21(33-4)25(35-15-31-2)26-22(20)23(28)27(34-5)24(36-26)17-8-10-18(32-3)11-9-17/h6-14H,15H2,1-5H3. The third-order valence-electron chi connectivity index (χ3n) is 5.62. The summed E-state index contributed by atoms with van der Waals surface area (Å²) in [6.45, 7) is 1.62. The third kappa shape index (κ3) is 5.11. The highest BCUT2D eigenvalue weighted by molar-refractivity contribution is 7.87. The van der Waals surface area contributed by atoms with Gasteiger partial charge in [0, 0.05) is 18.7 Å². The highest BCUT2D eigenvalue weighted by Crippen LogP contribution is 2.44. The van der Waals surface area contributed by atoms with Crippen LogP contribution in [0.4, 0.5) is 0 Å². The molecule has 4 rings (SSSR count). The van der Waals surface area contributed by atoms with Gasteiger partial charge in [0.05, 0.1) is 21.3 Å². The van der Waals surface area contributed by atoms with Gasteiger partial charge >= 0.3 is 10.1 Å². The van der Waals surface area contributed by atoms with Crippen LogP contribution < -0.4 is 28.6 Å². The van der Waals surface area contributed by atoms with Crippen LogP contribution in [0.15, 0.2) is 68.7 Å². The lowest BCUT2D eigenvalue weighted by molar-refractivity contribution is 0.0495. The highest BCUT2D eigenvalue weighted by Gasteiger charge is 2.28. The van der Waals surface area contributed by atoms with Crippen molar-refractivity contribution >= 4 is 21.1 Å². The van der Waals surface area contributed by atoms with Crippen LogP contribution in [0.25, 0.3) is 22.3 Å². The van der Waals surface area contributed by atoms with Gasteiger partial charge in [-0.2, -0.15) is 8.42 Å². The minimum Gasteiger partial charge on any atom is -0.497 e. The molecule has 0 saturated carbocycles. The molecule has 0 spiro atoms. The quantitative estimate of drug-likeness (QED) is 0.209. The summed E-state index contributed by atoms with van der Waals surface area (Å²) in [7, 11) is 1.27. The first kappa shape index (κ1) is 26.8. The molecule has 0 radical (unpaired) electrons. The molecule has 38 heavy (non-hydrogen) atoms. The molecule has 0 amide bonds. The van der Waals surface area contributed by atoms with E-state index in [0.717, 1.165) is 5.56 Å². The van der Waals surface area contributed by atoms with E-state index in [4.69, 9.17) is 32.3 Å². The number of methoxy groups -OCH3 is 4. The lowest BCUT2D eigenvalue weighted by Gasteiger charge is -2.17. The number of hydrogen-bond acceptors (Lipinski definition) is 10. The van der Waals surface area contributed by atoms with Crippen LogP contribution in [0.1, 0.15) is 5.56 Å². The van der Waals surface area contributed by atoms with E-state index in [1.54, 1.807) is 36.4 Å². The minimum atomic E-state index is -4.34. The molecule has 3 aromatic carbocycles. The van der Waals surface area contributed by atoms with Crippen molar-refractivity contribution in [2.24, 2.45) is 0 Å². The molecule has 10 nitrogen and oxygen atoms in total. The van der Waals surface area contributed by atoms with Crippen LogP contribution in [0.3, 0.4) is 0 Å². The Bertz CT molecular complexity index is 1610. The van der Waals surface area contributed by atoms with Gasteiger partial charge in [-0.3, -0.25) is 4.79 Å². The Morgan fingerprint density at radius 3 is 2.08 bits per heavy atom. The van der Waals surface area contributed by atoms with Gasteiger partial charge in [0.1, 0.15) is 16.0 Å². The van der Waals surface area contributed by atoms with E-state index in [0.29, 0.717) is 11.3 Å². The maximum absolute atomic E-state index is 13.8. The van der Waals surface area contributed by atoms with Crippen molar-refractivity contribution in [3.8, 4) is 40.1 Å². The van der Waals surface area contributed by atoms with Crippen LogP contribution >= 0.6 is 0 Å². The minimum absolute atomic E-state index is 0.0129. The van der Waals surface area contributed by atoms with Crippen LogP contribution in [0, 0.1) is 6.92 Å². The first-order valence-electron chi connectivity index (χ1n) is 11.3. The largest absolute Gasteiger partial charge is 0.497 e. The van der Waals surface area contributed by atoms with Crippen LogP contribution in [-0.2, 0) is 14.9 Å². The first-order chi connectivity index (χ1) is 18.2. The van der Waals surface area contributed by atoms with E-state index in [-0.39, 0.29) is 51.4 Å². The van der Waals surface area contributed by atoms with E-state index >= 15 is 0 Å². The molecule has 1 aromatic heterocycles. The zero-order valence-electron chi connectivity index (χ0n) is 21.4. The number of ether oxygens (including phenoxy) is 5. The molecule has 0 aliphatic carbocycles. The Hall–Kier alpha value is -4.22. The maximum atomic E-state index is 13.8. The molecule has 0 aliphatic rings. The zero-order valence-corrected chi connectivity index (χ0v) is 22.2. The van der Waals surface area contributed by atoms with Gasteiger partial charge in [0.2, 0.25) is 16.9 Å². The van der Waals surface area contributed by atoms with Crippen molar-refractivity contribution in [1.29, 1.82) is 0 Å². The van der Waals surface area contributed by atoms with Crippen molar-refractivity contribution in [3.05, 3.63) is 70.4 Å². The number of hydrogen-bond donors (Lipinski definition) is 0. The Kier molecular flexibility index (Phi) is 7.79. The second-order valence-electron chi connectivity index (χ2n) is 8.03. The Morgan fingerprint density at radius 1 is 0.816 bits per heavy atom. The van der Waals surface area contributed by atoms with E-state index in [1.165, 1.54) is 46.6 Å². The van der Waals surface area contributed by atoms with Crippen molar-refractivity contribution in [2.45, 2.75) is 11.8 Å². The SMILES string of the molecule is COCOc1c(OC)cc(OS(=O)(=O)c2ccc(C)cc2)c2c(=O)c(OC)c(-c3ccc(OC)cc3)oc12.